The number of allylic oxidation sites excluding steroid dienone is 4. The van der Waals surface area contributed by atoms with E-state index < -0.39 is 0 Å². The van der Waals surface area contributed by atoms with Crippen LogP contribution in [0.25, 0.3) is 0 Å². The van der Waals surface area contributed by atoms with Crippen molar-refractivity contribution in [3.05, 3.63) is 23.3 Å². The molecule has 12 heavy (non-hydrogen) atoms. The van der Waals surface area contributed by atoms with E-state index >= 15 is 0 Å². The lowest BCUT2D eigenvalue weighted by Gasteiger charge is -2.25. The number of carbonyl (C=O) groups is 1. The summed E-state index contributed by atoms with van der Waals surface area (Å²) in [6, 6.07) is 0. The fraction of sp³-hybridized carbons (Fsp3) is 0.545. The molecular weight excluding hydrogens is 148 g/mol. The molecule has 0 aliphatic heterocycles. The van der Waals surface area contributed by atoms with E-state index in [-0.39, 0.29) is 11.2 Å². The van der Waals surface area contributed by atoms with Crippen molar-refractivity contribution in [2.45, 2.75) is 33.1 Å². The van der Waals surface area contributed by atoms with Gasteiger partial charge in [-0.25, -0.2) is 0 Å². The van der Waals surface area contributed by atoms with E-state index in [2.05, 4.69) is 13.0 Å². The maximum absolute atomic E-state index is 11.3. The Bertz CT molecular complexity index is 296. The second-order valence-electron chi connectivity index (χ2n) is 4.13. The van der Waals surface area contributed by atoms with Crippen LogP contribution >= 0.6 is 0 Å². The molecule has 1 nitrogen and oxygen atoms in total. The number of hydrogen-bond acceptors (Lipinski definition) is 1. The van der Waals surface area contributed by atoms with E-state index in [1.54, 1.807) is 0 Å². The highest BCUT2D eigenvalue weighted by molar-refractivity contribution is 6.05. The van der Waals surface area contributed by atoms with Gasteiger partial charge in [0.1, 0.15) is 0 Å². The molecule has 0 aromatic carbocycles. The molecule has 1 heteroatoms. The van der Waals surface area contributed by atoms with Crippen LogP contribution < -0.4 is 0 Å². The minimum atomic E-state index is 0.212. The van der Waals surface area contributed by atoms with Gasteiger partial charge in [-0.15, -0.1) is 0 Å². The lowest BCUT2D eigenvalue weighted by Crippen LogP contribution is -2.17. The van der Waals surface area contributed by atoms with E-state index in [1.807, 2.05) is 13.0 Å². The van der Waals surface area contributed by atoms with Crippen molar-refractivity contribution in [2.24, 2.45) is 5.41 Å². The average Bonchev–Trinajstić information content (AvgIpc) is 2.32. The van der Waals surface area contributed by atoms with Gasteiger partial charge in [-0.1, -0.05) is 18.6 Å². The summed E-state index contributed by atoms with van der Waals surface area (Å²) in [5.41, 5.74) is 2.49. The molecule has 0 spiro atoms. The zero-order valence-electron chi connectivity index (χ0n) is 7.68. The molecule has 0 radical (unpaired) electrons. The number of hydrogen-bond donors (Lipinski definition) is 0. The van der Waals surface area contributed by atoms with E-state index in [0.29, 0.717) is 0 Å². The van der Waals surface area contributed by atoms with Crippen molar-refractivity contribution in [2.75, 3.05) is 0 Å². The molecule has 0 heterocycles. The largest absolute Gasteiger partial charge is 0.290 e. The van der Waals surface area contributed by atoms with Crippen LogP contribution in [0.3, 0.4) is 0 Å². The van der Waals surface area contributed by atoms with Gasteiger partial charge in [0.15, 0.2) is 5.78 Å². The fourth-order valence-corrected chi connectivity index (χ4v) is 2.32. The minimum absolute atomic E-state index is 0.212. The molecule has 0 bridgehead atoms. The van der Waals surface area contributed by atoms with Crippen LogP contribution in [0.4, 0.5) is 0 Å². The highest BCUT2D eigenvalue weighted by Gasteiger charge is 2.34. The summed E-state index contributed by atoms with van der Waals surface area (Å²) in [6.45, 7) is 4.15. The fourth-order valence-electron chi connectivity index (χ4n) is 2.32. The molecule has 1 saturated carbocycles. The summed E-state index contributed by atoms with van der Waals surface area (Å²) >= 11 is 0. The van der Waals surface area contributed by atoms with E-state index in [1.165, 1.54) is 18.4 Å². The lowest BCUT2D eigenvalue weighted by atomic mass is 9.78. The van der Waals surface area contributed by atoms with E-state index in [0.717, 1.165) is 12.0 Å². The quantitative estimate of drug-likeness (QED) is 0.535. The van der Waals surface area contributed by atoms with Crippen LogP contribution in [-0.4, -0.2) is 5.78 Å². The molecule has 1 atom stereocenters. The van der Waals surface area contributed by atoms with Gasteiger partial charge in [0.2, 0.25) is 0 Å². The normalized spacial score (nSPS) is 34.3. The maximum atomic E-state index is 11.3. The van der Waals surface area contributed by atoms with Gasteiger partial charge < -0.3 is 0 Å². The van der Waals surface area contributed by atoms with Crippen LogP contribution in [0.5, 0.6) is 0 Å². The molecular formula is C11H14O. The third-order valence-electron chi connectivity index (χ3n) is 3.10. The molecule has 64 valence electrons. The summed E-state index contributed by atoms with van der Waals surface area (Å²) in [7, 11) is 0. The van der Waals surface area contributed by atoms with Crippen molar-refractivity contribution < 1.29 is 4.79 Å². The van der Waals surface area contributed by atoms with Crippen LogP contribution in [-0.2, 0) is 4.79 Å². The van der Waals surface area contributed by atoms with Gasteiger partial charge >= 0.3 is 0 Å². The predicted octanol–water partition coefficient (Wildman–Crippen LogP) is 2.63. The Labute approximate surface area is 73.2 Å². The Hall–Kier alpha value is -0.850. The van der Waals surface area contributed by atoms with Crippen molar-refractivity contribution in [1.82, 2.24) is 0 Å². The van der Waals surface area contributed by atoms with Crippen LogP contribution in [0.2, 0.25) is 0 Å². The van der Waals surface area contributed by atoms with Gasteiger partial charge in [-0.2, -0.15) is 0 Å². The van der Waals surface area contributed by atoms with Crippen molar-refractivity contribution in [1.29, 1.82) is 0 Å². The maximum Gasteiger partial charge on any atom is 0.181 e. The molecule has 0 aromatic heterocycles. The Morgan fingerprint density at radius 3 is 3.00 bits per heavy atom. The second kappa shape index (κ2) is 2.32. The van der Waals surface area contributed by atoms with Crippen molar-refractivity contribution in [3.63, 3.8) is 0 Å². The Morgan fingerprint density at radius 1 is 1.50 bits per heavy atom. The zero-order chi connectivity index (χ0) is 8.77. The van der Waals surface area contributed by atoms with Gasteiger partial charge in [0, 0.05) is 5.41 Å². The molecule has 2 aliphatic carbocycles. The molecule has 0 saturated heterocycles. The summed E-state index contributed by atoms with van der Waals surface area (Å²) < 4.78 is 0. The molecule has 0 aromatic rings. The SMILES string of the molecule is CC1=CC2(C)CCCC2=CC1=O. The Morgan fingerprint density at radius 2 is 2.25 bits per heavy atom. The molecule has 2 rings (SSSR count). The number of carbonyl (C=O) groups excluding carboxylic acids is 1. The molecule has 1 unspecified atom stereocenters. The van der Waals surface area contributed by atoms with Gasteiger partial charge in [-0.05, 0) is 37.8 Å². The third kappa shape index (κ3) is 0.961. The van der Waals surface area contributed by atoms with Crippen LogP contribution in [0.1, 0.15) is 33.1 Å². The zero-order valence-corrected chi connectivity index (χ0v) is 7.68. The van der Waals surface area contributed by atoms with Gasteiger partial charge in [0.05, 0.1) is 0 Å². The highest BCUT2D eigenvalue weighted by Crippen LogP contribution is 2.46. The first-order chi connectivity index (χ1) is 5.62. The average molecular weight is 162 g/mol. The standard InChI is InChI=1S/C11H14O/c1-8-7-11(2)5-3-4-9(11)6-10(8)12/h6-7H,3-5H2,1-2H3. The number of fused-ring (bicyclic) bond motifs is 1. The highest BCUT2D eigenvalue weighted by atomic mass is 16.1. The van der Waals surface area contributed by atoms with Crippen molar-refractivity contribution in [3.8, 4) is 0 Å². The molecule has 1 fully saturated rings. The van der Waals surface area contributed by atoms with Crippen LogP contribution in [0.15, 0.2) is 23.3 Å². The molecule has 2 aliphatic rings. The minimum Gasteiger partial charge on any atom is -0.290 e. The number of ketones is 1. The second-order valence-corrected chi connectivity index (χ2v) is 4.13. The topological polar surface area (TPSA) is 17.1 Å². The van der Waals surface area contributed by atoms with Crippen molar-refractivity contribution >= 4 is 5.78 Å². The van der Waals surface area contributed by atoms with E-state index in [9.17, 15) is 4.79 Å². The first-order valence-corrected chi connectivity index (χ1v) is 4.57. The summed E-state index contributed by atoms with van der Waals surface area (Å²) in [4.78, 5) is 11.3. The Balaban J connectivity index is 2.45. The van der Waals surface area contributed by atoms with Gasteiger partial charge in [0.25, 0.3) is 0 Å². The van der Waals surface area contributed by atoms with E-state index in [4.69, 9.17) is 0 Å². The Kier molecular flexibility index (Phi) is 1.50. The lowest BCUT2D eigenvalue weighted by molar-refractivity contribution is -0.111. The van der Waals surface area contributed by atoms with Crippen LogP contribution in [0, 0.1) is 5.41 Å². The number of rotatable bonds is 0. The smallest absolute Gasteiger partial charge is 0.181 e. The molecule has 0 N–H and O–H groups in total. The monoisotopic (exact) mass is 162 g/mol. The summed E-state index contributed by atoms with van der Waals surface area (Å²) in [6.07, 6.45) is 7.56. The summed E-state index contributed by atoms with van der Waals surface area (Å²) in [5.74, 6) is 0.212. The predicted molar refractivity (Wildman–Crippen MR) is 48.8 cm³/mol. The molecule has 0 amide bonds. The third-order valence-corrected chi connectivity index (χ3v) is 3.10. The first-order valence-electron chi connectivity index (χ1n) is 4.57. The van der Waals surface area contributed by atoms with Gasteiger partial charge in [-0.3, -0.25) is 4.79 Å². The summed E-state index contributed by atoms with van der Waals surface area (Å²) in [5, 5.41) is 0. The first kappa shape index (κ1) is 7.78.